The minimum Gasteiger partial charge on any atom is -0.497 e. The number of methoxy groups -OCH3 is 1. The highest BCUT2D eigenvalue weighted by Gasteiger charge is 2.08. The lowest BCUT2D eigenvalue weighted by Gasteiger charge is -2.13. The van der Waals surface area contributed by atoms with E-state index in [0.29, 0.717) is 0 Å². The van der Waals surface area contributed by atoms with Gasteiger partial charge in [-0.2, -0.15) is 0 Å². The summed E-state index contributed by atoms with van der Waals surface area (Å²) in [5.74, 6) is 0.879. The molecule has 0 fully saturated rings. The van der Waals surface area contributed by atoms with Gasteiger partial charge >= 0.3 is 0 Å². The van der Waals surface area contributed by atoms with E-state index in [1.807, 2.05) is 18.2 Å². The van der Waals surface area contributed by atoms with E-state index in [4.69, 9.17) is 10.5 Å². The first-order valence-electron chi connectivity index (χ1n) is 7.13. The number of benzene rings is 3. The van der Waals surface area contributed by atoms with Crippen molar-refractivity contribution >= 4 is 10.8 Å². The van der Waals surface area contributed by atoms with Crippen LogP contribution < -0.4 is 10.5 Å². The van der Waals surface area contributed by atoms with Crippen molar-refractivity contribution in [2.24, 2.45) is 5.73 Å². The highest BCUT2D eigenvalue weighted by molar-refractivity contribution is 5.84. The zero-order valence-electron chi connectivity index (χ0n) is 12.1. The van der Waals surface area contributed by atoms with Crippen LogP contribution in [0.2, 0.25) is 0 Å². The number of ether oxygens (including phenoxy) is 1. The van der Waals surface area contributed by atoms with Crippen LogP contribution in [-0.2, 0) is 6.42 Å². The average Bonchev–Trinajstić information content (AvgIpc) is 2.54. The molecule has 3 rings (SSSR count). The Morgan fingerprint density at radius 1 is 0.905 bits per heavy atom. The molecule has 2 N–H and O–H groups in total. The topological polar surface area (TPSA) is 35.2 Å². The molecule has 0 spiro atoms. The van der Waals surface area contributed by atoms with Crippen LogP contribution in [0.3, 0.4) is 0 Å². The molecule has 0 bridgehead atoms. The summed E-state index contributed by atoms with van der Waals surface area (Å²) in [6, 6.07) is 22.9. The fourth-order valence-electron chi connectivity index (χ4n) is 2.59. The SMILES string of the molecule is COc1ccc2cc(C(N)Cc3ccccc3)ccc2c1. The minimum absolute atomic E-state index is 0.0129. The summed E-state index contributed by atoms with van der Waals surface area (Å²) in [6.45, 7) is 0. The predicted octanol–water partition coefficient (Wildman–Crippen LogP) is 4.09. The van der Waals surface area contributed by atoms with Gasteiger partial charge in [-0.3, -0.25) is 0 Å². The van der Waals surface area contributed by atoms with Crippen molar-refractivity contribution in [3.8, 4) is 5.75 Å². The van der Waals surface area contributed by atoms with E-state index in [1.165, 1.54) is 16.3 Å². The Morgan fingerprint density at radius 3 is 2.38 bits per heavy atom. The average molecular weight is 277 g/mol. The maximum atomic E-state index is 6.35. The highest BCUT2D eigenvalue weighted by atomic mass is 16.5. The molecule has 3 aromatic carbocycles. The van der Waals surface area contributed by atoms with E-state index >= 15 is 0 Å². The van der Waals surface area contributed by atoms with Gasteiger partial charge in [-0.1, -0.05) is 48.5 Å². The van der Waals surface area contributed by atoms with Gasteiger partial charge in [-0.05, 0) is 46.5 Å². The number of hydrogen-bond donors (Lipinski definition) is 1. The van der Waals surface area contributed by atoms with Crippen LogP contribution in [0.25, 0.3) is 10.8 Å². The molecule has 0 aliphatic carbocycles. The van der Waals surface area contributed by atoms with Crippen molar-refractivity contribution in [3.05, 3.63) is 77.9 Å². The molecule has 21 heavy (non-hydrogen) atoms. The summed E-state index contributed by atoms with van der Waals surface area (Å²) in [4.78, 5) is 0. The Bertz CT molecular complexity index is 737. The quantitative estimate of drug-likeness (QED) is 0.779. The van der Waals surface area contributed by atoms with Gasteiger partial charge in [0.15, 0.2) is 0 Å². The lowest BCUT2D eigenvalue weighted by molar-refractivity contribution is 0.415. The van der Waals surface area contributed by atoms with E-state index in [9.17, 15) is 0 Å². The Kier molecular flexibility index (Phi) is 3.89. The van der Waals surface area contributed by atoms with Crippen molar-refractivity contribution in [1.82, 2.24) is 0 Å². The number of rotatable bonds is 4. The summed E-state index contributed by atoms with van der Waals surface area (Å²) in [6.07, 6.45) is 0.850. The van der Waals surface area contributed by atoms with Crippen LogP contribution in [0.15, 0.2) is 66.7 Å². The second kappa shape index (κ2) is 5.98. The van der Waals surface area contributed by atoms with Gasteiger partial charge in [0.05, 0.1) is 7.11 Å². The molecule has 0 amide bonds. The summed E-state index contributed by atoms with van der Waals surface area (Å²) >= 11 is 0. The third-order valence-electron chi connectivity index (χ3n) is 3.80. The molecule has 1 unspecified atom stereocenters. The third-order valence-corrected chi connectivity index (χ3v) is 3.80. The minimum atomic E-state index is 0.0129. The van der Waals surface area contributed by atoms with Crippen LogP contribution in [0.1, 0.15) is 17.2 Å². The molecule has 0 saturated carbocycles. The molecule has 106 valence electrons. The normalized spacial score (nSPS) is 12.3. The molecule has 2 heteroatoms. The van der Waals surface area contributed by atoms with Gasteiger partial charge in [0, 0.05) is 6.04 Å². The smallest absolute Gasteiger partial charge is 0.119 e. The molecular weight excluding hydrogens is 258 g/mol. The molecule has 3 aromatic rings. The van der Waals surface area contributed by atoms with Crippen molar-refractivity contribution in [3.63, 3.8) is 0 Å². The maximum absolute atomic E-state index is 6.35. The number of nitrogens with two attached hydrogens (primary N) is 1. The standard InChI is InChI=1S/C19H19NO/c1-21-18-10-9-15-12-17(8-7-16(15)13-18)19(20)11-14-5-3-2-4-6-14/h2-10,12-13,19H,11,20H2,1H3. The van der Waals surface area contributed by atoms with Gasteiger partial charge in [-0.15, -0.1) is 0 Å². The van der Waals surface area contributed by atoms with Gasteiger partial charge in [0.25, 0.3) is 0 Å². The van der Waals surface area contributed by atoms with E-state index in [-0.39, 0.29) is 6.04 Å². The van der Waals surface area contributed by atoms with Crippen LogP contribution >= 0.6 is 0 Å². The fraction of sp³-hybridized carbons (Fsp3) is 0.158. The lowest BCUT2D eigenvalue weighted by Crippen LogP contribution is -2.13. The van der Waals surface area contributed by atoms with E-state index in [1.54, 1.807) is 7.11 Å². The Balaban J connectivity index is 1.86. The monoisotopic (exact) mass is 277 g/mol. The Labute approximate surface area is 125 Å². The van der Waals surface area contributed by atoms with E-state index in [0.717, 1.165) is 17.7 Å². The van der Waals surface area contributed by atoms with Crippen molar-refractivity contribution in [1.29, 1.82) is 0 Å². The third kappa shape index (κ3) is 3.06. The van der Waals surface area contributed by atoms with Gasteiger partial charge in [0.1, 0.15) is 5.75 Å². The summed E-state index contributed by atoms with van der Waals surface area (Å²) in [5.41, 5.74) is 8.78. The molecule has 1 atom stereocenters. The molecule has 0 heterocycles. The van der Waals surface area contributed by atoms with E-state index < -0.39 is 0 Å². The fourth-order valence-corrected chi connectivity index (χ4v) is 2.59. The number of fused-ring (bicyclic) bond motifs is 1. The van der Waals surface area contributed by atoms with Crippen LogP contribution in [0, 0.1) is 0 Å². The molecular formula is C19H19NO. The maximum Gasteiger partial charge on any atom is 0.119 e. The Hall–Kier alpha value is -2.32. The Morgan fingerprint density at radius 2 is 1.62 bits per heavy atom. The molecule has 0 aliphatic heterocycles. The summed E-state index contributed by atoms with van der Waals surface area (Å²) in [7, 11) is 1.69. The second-order valence-corrected chi connectivity index (χ2v) is 5.27. The molecule has 0 aliphatic rings. The van der Waals surface area contributed by atoms with Crippen LogP contribution in [-0.4, -0.2) is 7.11 Å². The van der Waals surface area contributed by atoms with Crippen LogP contribution in [0.4, 0.5) is 0 Å². The molecule has 0 aromatic heterocycles. The van der Waals surface area contributed by atoms with Crippen molar-refractivity contribution in [2.45, 2.75) is 12.5 Å². The first-order valence-corrected chi connectivity index (χ1v) is 7.13. The summed E-state index contributed by atoms with van der Waals surface area (Å²) in [5, 5.41) is 2.36. The molecule has 0 saturated heterocycles. The predicted molar refractivity (Wildman–Crippen MR) is 87.6 cm³/mol. The van der Waals surface area contributed by atoms with Gasteiger partial charge in [-0.25, -0.2) is 0 Å². The first-order chi connectivity index (χ1) is 10.3. The zero-order chi connectivity index (χ0) is 14.7. The van der Waals surface area contributed by atoms with Gasteiger partial charge < -0.3 is 10.5 Å². The first kappa shape index (κ1) is 13.7. The lowest BCUT2D eigenvalue weighted by atomic mass is 9.97. The van der Waals surface area contributed by atoms with Gasteiger partial charge in [0.2, 0.25) is 0 Å². The van der Waals surface area contributed by atoms with E-state index in [2.05, 4.69) is 48.5 Å². The number of hydrogen-bond acceptors (Lipinski definition) is 2. The van der Waals surface area contributed by atoms with Crippen molar-refractivity contribution in [2.75, 3.05) is 7.11 Å². The second-order valence-electron chi connectivity index (χ2n) is 5.27. The zero-order valence-corrected chi connectivity index (χ0v) is 12.1. The van der Waals surface area contributed by atoms with Crippen molar-refractivity contribution < 1.29 is 4.74 Å². The molecule has 2 nitrogen and oxygen atoms in total. The highest BCUT2D eigenvalue weighted by Crippen LogP contribution is 2.25. The van der Waals surface area contributed by atoms with Crippen LogP contribution in [0.5, 0.6) is 5.75 Å². The molecule has 0 radical (unpaired) electrons. The summed E-state index contributed by atoms with van der Waals surface area (Å²) < 4.78 is 5.25. The largest absolute Gasteiger partial charge is 0.497 e.